The van der Waals surface area contributed by atoms with Crippen LogP contribution in [-0.4, -0.2) is 5.78 Å². The molecule has 0 amide bonds. The molecule has 0 aromatic rings. The number of unbranched alkanes of at least 4 members (excludes halogenated alkanes) is 1. The highest BCUT2D eigenvalue weighted by molar-refractivity contribution is 6.12. The molecule has 1 fully saturated rings. The molecular weight excluding hydrogens is 292 g/mol. The number of hydrogen-bond acceptors (Lipinski definition) is 1. The second kappa shape index (κ2) is 15.2. The summed E-state index contributed by atoms with van der Waals surface area (Å²) < 4.78 is 0. The first kappa shape index (κ1) is 24.9. The molecule has 0 aliphatic heterocycles. The quantitative estimate of drug-likeness (QED) is 0.381. The maximum atomic E-state index is 12.1. The smallest absolute Gasteiger partial charge is 0.192 e. The standard InChI is InChI=1S/C15H18O.C4H10.2C2H6/c1-4-6-11(5-2)15(16)12-7-8-13-10(3)14(13)9-12;1-3-4-2;2*1-2/h5-10,13-14H,2,4H2,1,3H3;3-4H2,1-2H3;2*1-2H3/b11-6+;;;. The van der Waals surface area contributed by atoms with Gasteiger partial charge in [0.2, 0.25) is 0 Å². The lowest BCUT2D eigenvalue weighted by molar-refractivity contribution is -0.111. The Hall–Kier alpha value is -1.37. The van der Waals surface area contributed by atoms with Gasteiger partial charge in [0, 0.05) is 11.1 Å². The molecule has 0 bridgehead atoms. The maximum absolute atomic E-state index is 12.1. The highest BCUT2D eigenvalue weighted by atomic mass is 16.1. The monoisotopic (exact) mass is 332 g/mol. The number of rotatable bonds is 5. The Morgan fingerprint density at radius 1 is 1.08 bits per heavy atom. The fraction of sp³-hybridized carbons (Fsp3) is 0.609. The number of carbonyl (C=O) groups excluding carboxylic acids is 1. The van der Waals surface area contributed by atoms with Crippen molar-refractivity contribution in [2.24, 2.45) is 17.8 Å². The van der Waals surface area contributed by atoms with E-state index in [1.54, 1.807) is 6.08 Å². The topological polar surface area (TPSA) is 17.1 Å². The van der Waals surface area contributed by atoms with E-state index in [1.807, 2.05) is 46.8 Å². The predicted octanol–water partition coefficient (Wildman–Crippen LogP) is 7.32. The number of allylic oxidation sites excluding steroid dienone is 7. The third kappa shape index (κ3) is 7.95. The Bertz CT molecular complexity index is 435. The van der Waals surface area contributed by atoms with Crippen LogP contribution in [0.1, 0.15) is 74.7 Å². The predicted molar refractivity (Wildman–Crippen MR) is 110 cm³/mol. The maximum Gasteiger partial charge on any atom is 0.192 e. The van der Waals surface area contributed by atoms with Crippen molar-refractivity contribution >= 4 is 5.78 Å². The fourth-order valence-corrected chi connectivity index (χ4v) is 2.38. The highest BCUT2D eigenvalue weighted by Gasteiger charge is 2.45. The van der Waals surface area contributed by atoms with Crippen molar-refractivity contribution in [1.82, 2.24) is 0 Å². The van der Waals surface area contributed by atoms with E-state index in [-0.39, 0.29) is 5.78 Å². The molecule has 138 valence electrons. The summed E-state index contributed by atoms with van der Waals surface area (Å²) in [5, 5.41) is 0. The summed E-state index contributed by atoms with van der Waals surface area (Å²) in [5.74, 6) is 2.10. The first-order chi connectivity index (χ1) is 11.6. The first-order valence-electron chi connectivity index (χ1n) is 9.87. The van der Waals surface area contributed by atoms with Crippen LogP contribution in [0.4, 0.5) is 0 Å². The van der Waals surface area contributed by atoms with Crippen LogP contribution >= 0.6 is 0 Å². The highest BCUT2D eigenvalue weighted by Crippen LogP contribution is 2.50. The van der Waals surface area contributed by atoms with E-state index in [0.29, 0.717) is 17.8 Å². The number of carbonyl (C=O) groups is 1. The van der Waals surface area contributed by atoms with Gasteiger partial charge in [-0.05, 0) is 24.2 Å². The fourth-order valence-electron chi connectivity index (χ4n) is 2.38. The zero-order valence-corrected chi connectivity index (χ0v) is 17.4. The number of hydrogen-bond donors (Lipinski definition) is 0. The molecule has 1 nitrogen and oxygen atoms in total. The third-order valence-corrected chi connectivity index (χ3v) is 4.06. The number of ketones is 1. The Balaban J connectivity index is 0. The van der Waals surface area contributed by atoms with Gasteiger partial charge in [-0.15, -0.1) is 0 Å². The molecule has 0 N–H and O–H groups in total. The van der Waals surface area contributed by atoms with Gasteiger partial charge in [0.1, 0.15) is 0 Å². The lowest BCUT2D eigenvalue weighted by Gasteiger charge is -2.05. The minimum absolute atomic E-state index is 0.116. The summed E-state index contributed by atoms with van der Waals surface area (Å²) in [5.41, 5.74) is 1.57. The van der Waals surface area contributed by atoms with Crippen LogP contribution in [0.5, 0.6) is 0 Å². The molecule has 3 unspecified atom stereocenters. The van der Waals surface area contributed by atoms with Crippen LogP contribution in [0, 0.1) is 17.8 Å². The van der Waals surface area contributed by atoms with Crippen molar-refractivity contribution in [3.05, 3.63) is 48.1 Å². The van der Waals surface area contributed by atoms with E-state index < -0.39 is 0 Å². The Morgan fingerprint density at radius 2 is 1.62 bits per heavy atom. The molecule has 2 rings (SSSR count). The van der Waals surface area contributed by atoms with Gasteiger partial charge in [0.05, 0.1) is 0 Å². The molecule has 0 heterocycles. The zero-order valence-electron chi connectivity index (χ0n) is 17.4. The molecule has 0 aromatic heterocycles. The van der Waals surface area contributed by atoms with Gasteiger partial charge in [-0.1, -0.05) is 105 Å². The van der Waals surface area contributed by atoms with Crippen LogP contribution in [0.2, 0.25) is 0 Å². The molecule has 3 atom stereocenters. The van der Waals surface area contributed by atoms with Crippen molar-refractivity contribution in [1.29, 1.82) is 0 Å². The van der Waals surface area contributed by atoms with Gasteiger partial charge in [-0.3, -0.25) is 4.79 Å². The summed E-state index contributed by atoms with van der Waals surface area (Å²) in [7, 11) is 0. The van der Waals surface area contributed by atoms with E-state index in [4.69, 9.17) is 0 Å². The van der Waals surface area contributed by atoms with Gasteiger partial charge in [0.25, 0.3) is 0 Å². The van der Waals surface area contributed by atoms with Crippen LogP contribution in [0.15, 0.2) is 48.1 Å². The summed E-state index contributed by atoms with van der Waals surface area (Å²) in [4.78, 5) is 12.1. The average Bonchev–Trinajstić information content (AvgIpc) is 3.32. The number of Topliss-reactive ketones (excluding diaryl/α,β-unsaturated/α-hetero) is 1. The first-order valence-corrected chi connectivity index (χ1v) is 9.87. The minimum atomic E-state index is 0.116. The molecule has 1 heteroatoms. The van der Waals surface area contributed by atoms with Gasteiger partial charge >= 0.3 is 0 Å². The second-order valence-corrected chi connectivity index (χ2v) is 5.60. The van der Waals surface area contributed by atoms with Crippen LogP contribution in [-0.2, 0) is 4.79 Å². The molecular formula is C23H40O. The lowest BCUT2D eigenvalue weighted by Crippen LogP contribution is -2.05. The summed E-state index contributed by atoms with van der Waals surface area (Å²) in [6, 6.07) is 0. The van der Waals surface area contributed by atoms with E-state index in [1.165, 1.54) is 12.8 Å². The van der Waals surface area contributed by atoms with Gasteiger partial charge in [0.15, 0.2) is 5.78 Å². The minimum Gasteiger partial charge on any atom is -0.289 e. The molecule has 2 aliphatic carbocycles. The van der Waals surface area contributed by atoms with Crippen molar-refractivity contribution in [2.75, 3.05) is 0 Å². The third-order valence-electron chi connectivity index (χ3n) is 4.06. The second-order valence-electron chi connectivity index (χ2n) is 5.60. The average molecular weight is 333 g/mol. The van der Waals surface area contributed by atoms with E-state index in [2.05, 4.69) is 39.5 Å². The Morgan fingerprint density at radius 3 is 2.00 bits per heavy atom. The Labute approximate surface area is 151 Å². The van der Waals surface area contributed by atoms with Crippen molar-refractivity contribution < 1.29 is 4.79 Å². The summed E-state index contributed by atoms with van der Waals surface area (Å²) in [6.45, 7) is 20.3. The lowest BCUT2D eigenvalue weighted by atomic mass is 9.98. The largest absolute Gasteiger partial charge is 0.289 e. The Kier molecular flexibility index (Phi) is 15.7. The molecule has 0 spiro atoms. The van der Waals surface area contributed by atoms with Crippen LogP contribution in [0.25, 0.3) is 0 Å². The molecule has 2 aliphatic rings. The van der Waals surface area contributed by atoms with Crippen molar-refractivity contribution in [3.8, 4) is 0 Å². The molecule has 0 radical (unpaired) electrons. The zero-order chi connectivity index (χ0) is 19.1. The van der Waals surface area contributed by atoms with Crippen molar-refractivity contribution in [3.63, 3.8) is 0 Å². The van der Waals surface area contributed by atoms with Gasteiger partial charge in [-0.2, -0.15) is 0 Å². The molecule has 1 saturated carbocycles. The van der Waals surface area contributed by atoms with Crippen LogP contribution < -0.4 is 0 Å². The normalized spacial score (nSPS) is 22.9. The molecule has 0 aromatic carbocycles. The van der Waals surface area contributed by atoms with Crippen LogP contribution in [0.3, 0.4) is 0 Å². The van der Waals surface area contributed by atoms with Gasteiger partial charge < -0.3 is 0 Å². The molecule has 0 saturated heterocycles. The summed E-state index contributed by atoms with van der Waals surface area (Å²) >= 11 is 0. The van der Waals surface area contributed by atoms with E-state index in [0.717, 1.165) is 17.6 Å². The van der Waals surface area contributed by atoms with Gasteiger partial charge in [-0.25, -0.2) is 0 Å². The molecule has 24 heavy (non-hydrogen) atoms. The van der Waals surface area contributed by atoms with Crippen molar-refractivity contribution in [2.45, 2.75) is 74.7 Å². The van der Waals surface area contributed by atoms with E-state index >= 15 is 0 Å². The SMILES string of the molecule is C=C/C(=C\CC)C(=O)C1=CC2C(C)C2C=C1.CC.CC.CCCC. The van der Waals surface area contributed by atoms with E-state index in [9.17, 15) is 4.79 Å². The summed E-state index contributed by atoms with van der Waals surface area (Å²) in [6.07, 6.45) is 13.4. The number of fused-ring (bicyclic) bond motifs is 1.